The molecule has 1 unspecified atom stereocenters. The number of nitrogens with two attached hydrogens (primary N) is 1. The molecule has 17 heavy (non-hydrogen) atoms. The van der Waals surface area contributed by atoms with Gasteiger partial charge in [0.2, 0.25) is 0 Å². The van der Waals surface area contributed by atoms with E-state index >= 15 is 0 Å². The van der Waals surface area contributed by atoms with Crippen LogP contribution in [0, 0.1) is 19.8 Å². The van der Waals surface area contributed by atoms with Gasteiger partial charge in [0.1, 0.15) is 0 Å². The van der Waals surface area contributed by atoms with E-state index in [2.05, 4.69) is 50.9 Å². The average Bonchev–Trinajstić information content (AvgIpc) is 2.28. The maximum Gasteiger partial charge on any atom is 0.0393 e. The minimum Gasteiger partial charge on any atom is -0.374 e. The SMILES string of the molecule is Cc1ccc(N(C)CCCC(C)CN)c(C)c1. The zero-order chi connectivity index (χ0) is 12.8. The highest BCUT2D eigenvalue weighted by atomic mass is 15.1. The minimum absolute atomic E-state index is 0.641. The number of hydrogen-bond acceptors (Lipinski definition) is 2. The summed E-state index contributed by atoms with van der Waals surface area (Å²) in [5, 5.41) is 0. The molecule has 0 radical (unpaired) electrons. The molecule has 0 aliphatic carbocycles. The number of benzene rings is 1. The van der Waals surface area contributed by atoms with Crippen molar-refractivity contribution < 1.29 is 0 Å². The summed E-state index contributed by atoms with van der Waals surface area (Å²) in [4.78, 5) is 2.35. The van der Waals surface area contributed by atoms with Gasteiger partial charge in [-0.2, -0.15) is 0 Å². The molecule has 0 bridgehead atoms. The van der Waals surface area contributed by atoms with E-state index in [1.165, 1.54) is 29.7 Å². The molecule has 0 saturated carbocycles. The number of nitrogens with zero attached hydrogens (tertiary/aromatic N) is 1. The molecule has 0 aromatic heterocycles. The largest absolute Gasteiger partial charge is 0.374 e. The maximum absolute atomic E-state index is 5.63. The molecule has 0 fully saturated rings. The summed E-state index contributed by atoms with van der Waals surface area (Å²) in [5.41, 5.74) is 9.66. The molecule has 2 nitrogen and oxygen atoms in total. The van der Waals surface area contributed by atoms with Gasteiger partial charge in [-0.25, -0.2) is 0 Å². The molecule has 96 valence electrons. The summed E-state index contributed by atoms with van der Waals surface area (Å²) in [5.74, 6) is 0.641. The van der Waals surface area contributed by atoms with Crippen molar-refractivity contribution in [2.75, 3.05) is 25.0 Å². The molecule has 1 aromatic rings. The van der Waals surface area contributed by atoms with E-state index in [4.69, 9.17) is 5.73 Å². The van der Waals surface area contributed by atoms with Crippen LogP contribution in [0.2, 0.25) is 0 Å². The van der Waals surface area contributed by atoms with Gasteiger partial charge >= 0.3 is 0 Å². The van der Waals surface area contributed by atoms with Gasteiger partial charge in [-0.05, 0) is 50.8 Å². The lowest BCUT2D eigenvalue weighted by atomic mass is 10.1. The van der Waals surface area contributed by atoms with E-state index < -0.39 is 0 Å². The molecular formula is C15H26N2. The first-order valence-electron chi connectivity index (χ1n) is 6.53. The van der Waals surface area contributed by atoms with Gasteiger partial charge in [-0.1, -0.05) is 24.6 Å². The summed E-state index contributed by atoms with van der Waals surface area (Å²) in [7, 11) is 2.17. The molecule has 2 heteroatoms. The van der Waals surface area contributed by atoms with Gasteiger partial charge in [0.15, 0.2) is 0 Å². The Morgan fingerprint density at radius 1 is 1.29 bits per heavy atom. The van der Waals surface area contributed by atoms with E-state index in [0.29, 0.717) is 5.92 Å². The van der Waals surface area contributed by atoms with Gasteiger partial charge in [-0.15, -0.1) is 0 Å². The fourth-order valence-electron chi connectivity index (χ4n) is 2.15. The molecule has 0 spiro atoms. The van der Waals surface area contributed by atoms with Crippen molar-refractivity contribution in [3.05, 3.63) is 29.3 Å². The summed E-state index contributed by atoms with van der Waals surface area (Å²) in [6.07, 6.45) is 2.42. The minimum atomic E-state index is 0.641. The highest BCUT2D eigenvalue weighted by molar-refractivity contribution is 5.53. The molecule has 1 atom stereocenters. The monoisotopic (exact) mass is 234 g/mol. The van der Waals surface area contributed by atoms with Crippen molar-refractivity contribution in [1.29, 1.82) is 0 Å². The van der Waals surface area contributed by atoms with Crippen LogP contribution < -0.4 is 10.6 Å². The first-order chi connectivity index (χ1) is 8.04. The van der Waals surface area contributed by atoms with Crippen LogP contribution in [-0.2, 0) is 0 Å². The predicted molar refractivity (Wildman–Crippen MR) is 76.6 cm³/mol. The lowest BCUT2D eigenvalue weighted by molar-refractivity contribution is 0.521. The lowest BCUT2D eigenvalue weighted by Gasteiger charge is -2.22. The van der Waals surface area contributed by atoms with Crippen LogP contribution in [0.3, 0.4) is 0 Å². The normalized spacial score (nSPS) is 12.5. The van der Waals surface area contributed by atoms with Crippen LogP contribution in [0.1, 0.15) is 30.9 Å². The second-order valence-electron chi connectivity index (χ2n) is 5.19. The van der Waals surface area contributed by atoms with Crippen LogP contribution in [0.25, 0.3) is 0 Å². The van der Waals surface area contributed by atoms with E-state index in [-0.39, 0.29) is 0 Å². The van der Waals surface area contributed by atoms with Crippen molar-refractivity contribution >= 4 is 5.69 Å². The molecule has 0 heterocycles. The zero-order valence-corrected chi connectivity index (χ0v) is 11.7. The molecule has 0 aliphatic rings. The van der Waals surface area contributed by atoms with Crippen LogP contribution >= 0.6 is 0 Å². The maximum atomic E-state index is 5.63. The van der Waals surface area contributed by atoms with Crippen molar-refractivity contribution in [2.24, 2.45) is 11.7 Å². The summed E-state index contributed by atoms with van der Waals surface area (Å²) in [6.45, 7) is 8.44. The van der Waals surface area contributed by atoms with Gasteiger partial charge in [0.05, 0.1) is 0 Å². The number of anilines is 1. The van der Waals surface area contributed by atoms with Gasteiger partial charge in [0.25, 0.3) is 0 Å². The van der Waals surface area contributed by atoms with Crippen molar-refractivity contribution in [1.82, 2.24) is 0 Å². The molecule has 0 aliphatic heterocycles. The topological polar surface area (TPSA) is 29.3 Å². The quantitative estimate of drug-likeness (QED) is 0.819. The Bertz CT molecular complexity index is 347. The van der Waals surface area contributed by atoms with Crippen molar-refractivity contribution in [2.45, 2.75) is 33.6 Å². The highest BCUT2D eigenvalue weighted by Crippen LogP contribution is 2.20. The molecule has 1 aromatic carbocycles. The summed E-state index contributed by atoms with van der Waals surface area (Å²) in [6, 6.07) is 6.65. The predicted octanol–water partition coefficient (Wildman–Crippen LogP) is 3.11. The highest BCUT2D eigenvalue weighted by Gasteiger charge is 2.05. The Balaban J connectivity index is 2.49. The summed E-state index contributed by atoms with van der Waals surface area (Å²) >= 11 is 0. The summed E-state index contributed by atoms with van der Waals surface area (Å²) < 4.78 is 0. The Labute approximate surface area is 106 Å². The van der Waals surface area contributed by atoms with E-state index in [1.807, 2.05) is 0 Å². The second-order valence-corrected chi connectivity index (χ2v) is 5.19. The average molecular weight is 234 g/mol. The van der Waals surface area contributed by atoms with Crippen LogP contribution in [0.4, 0.5) is 5.69 Å². The Morgan fingerprint density at radius 2 is 2.00 bits per heavy atom. The Hall–Kier alpha value is -1.02. The smallest absolute Gasteiger partial charge is 0.0393 e. The van der Waals surface area contributed by atoms with Gasteiger partial charge in [0, 0.05) is 19.3 Å². The fraction of sp³-hybridized carbons (Fsp3) is 0.600. The Morgan fingerprint density at radius 3 is 2.59 bits per heavy atom. The van der Waals surface area contributed by atoms with Gasteiger partial charge < -0.3 is 10.6 Å². The number of rotatable bonds is 6. The van der Waals surface area contributed by atoms with E-state index in [0.717, 1.165) is 13.1 Å². The number of hydrogen-bond donors (Lipinski definition) is 1. The lowest BCUT2D eigenvalue weighted by Crippen LogP contribution is -2.21. The van der Waals surface area contributed by atoms with Crippen molar-refractivity contribution in [3.8, 4) is 0 Å². The molecule has 0 saturated heterocycles. The van der Waals surface area contributed by atoms with Crippen LogP contribution in [0.15, 0.2) is 18.2 Å². The zero-order valence-electron chi connectivity index (χ0n) is 11.7. The second kappa shape index (κ2) is 6.65. The third kappa shape index (κ3) is 4.39. The standard InChI is InChI=1S/C15H26N2/c1-12-7-8-15(14(3)10-12)17(4)9-5-6-13(2)11-16/h7-8,10,13H,5-6,9,11,16H2,1-4H3. The third-order valence-corrected chi connectivity index (χ3v) is 3.36. The molecule has 2 N–H and O–H groups in total. The van der Waals surface area contributed by atoms with E-state index in [1.54, 1.807) is 0 Å². The fourth-order valence-corrected chi connectivity index (χ4v) is 2.15. The van der Waals surface area contributed by atoms with Gasteiger partial charge in [-0.3, -0.25) is 0 Å². The molecular weight excluding hydrogens is 208 g/mol. The molecule has 1 rings (SSSR count). The first kappa shape index (κ1) is 14.0. The third-order valence-electron chi connectivity index (χ3n) is 3.36. The van der Waals surface area contributed by atoms with Crippen LogP contribution in [0.5, 0.6) is 0 Å². The van der Waals surface area contributed by atoms with E-state index in [9.17, 15) is 0 Å². The molecule has 0 amide bonds. The number of aryl methyl sites for hydroxylation is 2. The van der Waals surface area contributed by atoms with Crippen molar-refractivity contribution in [3.63, 3.8) is 0 Å². The Kier molecular flexibility index (Phi) is 5.49. The first-order valence-corrected chi connectivity index (χ1v) is 6.53. The van der Waals surface area contributed by atoms with Crippen LogP contribution in [-0.4, -0.2) is 20.1 Å².